The molecule has 23 heavy (non-hydrogen) atoms. The minimum Gasteiger partial charge on any atom is -0.356 e. The van der Waals surface area contributed by atoms with E-state index >= 15 is 0 Å². The van der Waals surface area contributed by atoms with Crippen LogP contribution in [0.15, 0.2) is 59.5 Å². The number of aromatic nitrogens is 2. The molecule has 0 atom stereocenters. The molecule has 0 spiro atoms. The summed E-state index contributed by atoms with van der Waals surface area (Å²) in [5.74, 6) is 0.581. The van der Waals surface area contributed by atoms with E-state index in [2.05, 4.69) is 15.5 Å². The van der Waals surface area contributed by atoms with Gasteiger partial charge in [0.1, 0.15) is 0 Å². The molecular formula is C17H14ClN3O2. The van der Waals surface area contributed by atoms with Gasteiger partial charge in [-0.3, -0.25) is 9.78 Å². The van der Waals surface area contributed by atoms with Gasteiger partial charge in [0.05, 0.1) is 18.1 Å². The van der Waals surface area contributed by atoms with Crippen molar-refractivity contribution in [3.05, 3.63) is 65.6 Å². The van der Waals surface area contributed by atoms with E-state index in [1.54, 1.807) is 42.9 Å². The molecule has 0 radical (unpaired) electrons. The monoisotopic (exact) mass is 327 g/mol. The van der Waals surface area contributed by atoms with Crippen LogP contribution in [0.1, 0.15) is 12.0 Å². The number of nitrogens with zero attached hydrogens (tertiary/aromatic N) is 2. The van der Waals surface area contributed by atoms with Gasteiger partial charge in [0.15, 0.2) is 5.76 Å². The Bertz CT molecular complexity index is 785. The average Bonchev–Trinajstić information content (AvgIpc) is 3.03. The third-order valence-electron chi connectivity index (χ3n) is 3.32. The van der Waals surface area contributed by atoms with Crippen LogP contribution >= 0.6 is 11.6 Å². The van der Waals surface area contributed by atoms with Crippen molar-refractivity contribution in [3.8, 4) is 11.3 Å². The third-order valence-corrected chi connectivity index (χ3v) is 3.57. The lowest BCUT2D eigenvalue weighted by Gasteiger charge is -2.04. The minimum absolute atomic E-state index is 0.0822. The smallest absolute Gasteiger partial charge is 0.224 e. The largest absolute Gasteiger partial charge is 0.356 e. The lowest BCUT2D eigenvalue weighted by atomic mass is 10.1. The van der Waals surface area contributed by atoms with Crippen LogP contribution in [-0.4, -0.2) is 16.0 Å². The van der Waals surface area contributed by atoms with Gasteiger partial charge in [-0.25, -0.2) is 0 Å². The van der Waals surface area contributed by atoms with Gasteiger partial charge in [0.25, 0.3) is 0 Å². The quantitative estimate of drug-likeness (QED) is 0.770. The number of hydrogen-bond acceptors (Lipinski definition) is 4. The fraction of sp³-hybridized carbons (Fsp3) is 0.118. The van der Waals surface area contributed by atoms with Crippen LogP contribution in [0.3, 0.4) is 0 Å². The zero-order valence-corrected chi connectivity index (χ0v) is 13.0. The Morgan fingerprint density at radius 2 is 2.00 bits per heavy atom. The first-order valence-electron chi connectivity index (χ1n) is 7.12. The van der Waals surface area contributed by atoms with Crippen LogP contribution in [0, 0.1) is 0 Å². The van der Waals surface area contributed by atoms with E-state index in [9.17, 15) is 4.79 Å². The van der Waals surface area contributed by atoms with Crippen LogP contribution in [-0.2, 0) is 11.2 Å². The maximum atomic E-state index is 12.0. The van der Waals surface area contributed by atoms with Crippen LogP contribution in [0.25, 0.3) is 11.3 Å². The standard InChI is InChI=1S/C17H14ClN3O2/c18-14-6-3-12(4-7-14)17-13(10-20-23-17)5-8-16(22)21-15-2-1-9-19-11-15/h1-4,6-7,9-11H,5,8H2,(H,21,22). The summed E-state index contributed by atoms with van der Waals surface area (Å²) in [4.78, 5) is 16.0. The van der Waals surface area contributed by atoms with E-state index in [0.717, 1.165) is 11.1 Å². The SMILES string of the molecule is O=C(CCc1cnoc1-c1ccc(Cl)cc1)Nc1cccnc1. The lowest BCUT2D eigenvalue weighted by molar-refractivity contribution is -0.116. The number of nitrogens with one attached hydrogen (secondary N) is 1. The highest BCUT2D eigenvalue weighted by Crippen LogP contribution is 2.26. The van der Waals surface area contributed by atoms with Crippen molar-refractivity contribution >= 4 is 23.2 Å². The Balaban J connectivity index is 1.64. The molecule has 3 aromatic rings. The van der Waals surface area contributed by atoms with Gasteiger partial charge in [-0.2, -0.15) is 0 Å². The van der Waals surface area contributed by atoms with E-state index in [1.165, 1.54) is 0 Å². The fourth-order valence-electron chi connectivity index (χ4n) is 2.19. The molecular weight excluding hydrogens is 314 g/mol. The molecule has 0 saturated heterocycles. The summed E-state index contributed by atoms with van der Waals surface area (Å²) in [7, 11) is 0. The summed E-state index contributed by atoms with van der Waals surface area (Å²) >= 11 is 5.89. The molecule has 116 valence electrons. The third kappa shape index (κ3) is 3.96. The van der Waals surface area contributed by atoms with Crippen LogP contribution in [0.4, 0.5) is 5.69 Å². The summed E-state index contributed by atoms with van der Waals surface area (Å²) in [6.45, 7) is 0. The second kappa shape index (κ2) is 7.07. The first-order valence-corrected chi connectivity index (χ1v) is 7.49. The molecule has 6 heteroatoms. The van der Waals surface area contributed by atoms with Crippen molar-refractivity contribution in [2.75, 3.05) is 5.32 Å². The molecule has 1 N–H and O–H groups in total. The first kappa shape index (κ1) is 15.2. The van der Waals surface area contributed by atoms with E-state index in [0.29, 0.717) is 29.3 Å². The van der Waals surface area contributed by atoms with E-state index in [1.807, 2.05) is 12.1 Å². The molecule has 0 fully saturated rings. The highest BCUT2D eigenvalue weighted by Gasteiger charge is 2.12. The highest BCUT2D eigenvalue weighted by atomic mass is 35.5. The predicted molar refractivity (Wildman–Crippen MR) is 88.1 cm³/mol. The Morgan fingerprint density at radius 1 is 1.17 bits per heavy atom. The van der Waals surface area contributed by atoms with Gasteiger partial charge in [-0.05, 0) is 42.8 Å². The maximum Gasteiger partial charge on any atom is 0.224 e. The Kier molecular flexibility index (Phi) is 4.68. The van der Waals surface area contributed by atoms with Gasteiger partial charge in [0, 0.05) is 28.8 Å². The number of rotatable bonds is 5. The second-order valence-corrected chi connectivity index (χ2v) is 5.41. The summed E-state index contributed by atoms with van der Waals surface area (Å²) in [6, 6.07) is 10.9. The number of pyridine rings is 1. The Labute approximate surface area is 138 Å². The number of hydrogen-bond donors (Lipinski definition) is 1. The number of benzene rings is 1. The van der Waals surface area contributed by atoms with Crippen molar-refractivity contribution in [2.24, 2.45) is 0 Å². The van der Waals surface area contributed by atoms with Gasteiger partial charge in [-0.15, -0.1) is 0 Å². The number of amides is 1. The van der Waals surface area contributed by atoms with Crippen LogP contribution < -0.4 is 5.32 Å². The predicted octanol–water partition coefficient (Wildman–Crippen LogP) is 3.96. The summed E-state index contributed by atoms with van der Waals surface area (Å²) in [5, 5.41) is 7.29. The zero-order valence-electron chi connectivity index (χ0n) is 12.2. The Hall–Kier alpha value is -2.66. The minimum atomic E-state index is -0.0822. The van der Waals surface area contributed by atoms with Crippen molar-refractivity contribution in [2.45, 2.75) is 12.8 Å². The van der Waals surface area contributed by atoms with Crippen molar-refractivity contribution in [3.63, 3.8) is 0 Å². The van der Waals surface area contributed by atoms with Gasteiger partial charge in [0.2, 0.25) is 5.91 Å². The molecule has 1 aromatic carbocycles. The van der Waals surface area contributed by atoms with E-state index in [4.69, 9.17) is 16.1 Å². The van der Waals surface area contributed by atoms with E-state index in [-0.39, 0.29) is 5.91 Å². The van der Waals surface area contributed by atoms with Crippen LogP contribution in [0.2, 0.25) is 5.02 Å². The molecule has 0 aliphatic heterocycles. The molecule has 0 saturated carbocycles. The lowest BCUT2D eigenvalue weighted by Crippen LogP contribution is -2.12. The fourth-order valence-corrected chi connectivity index (χ4v) is 2.31. The first-order chi connectivity index (χ1) is 11.2. The van der Waals surface area contributed by atoms with Gasteiger partial charge >= 0.3 is 0 Å². The Morgan fingerprint density at radius 3 is 2.74 bits per heavy atom. The molecule has 0 unspecified atom stereocenters. The molecule has 0 aliphatic carbocycles. The molecule has 0 bridgehead atoms. The maximum absolute atomic E-state index is 12.0. The normalized spacial score (nSPS) is 10.5. The number of aryl methyl sites for hydroxylation is 1. The summed E-state index contributed by atoms with van der Waals surface area (Å²) < 4.78 is 5.31. The average molecular weight is 328 g/mol. The molecule has 0 aliphatic rings. The number of carbonyl (C=O) groups is 1. The topological polar surface area (TPSA) is 68.0 Å². The number of anilines is 1. The molecule has 2 aromatic heterocycles. The zero-order chi connectivity index (χ0) is 16.1. The second-order valence-electron chi connectivity index (χ2n) is 4.98. The molecule has 5 nitrogen and oxygen atoms in total. The summed E-state index contributed by atoms with van der Waals surface area (Å²) in [5.41, 5.74) is 2.45. The summed E-state index contributed by atoms with van der Waals surface area (Å²) in [6.07, 6.45) is 5.77. The number of carbonyl (C=O) groups excluding carboxylic acids is 1. The molecule has 2 heterocycles. The van der Waals surface area contributed by atoms with Crippen molar-refractivity contribution < 1.29 is 9.32 Å². The van der Waals surface area contributed by atoms with Crippen molar-refractivity contribution in [1.82, 2.24) is 10.1 Å². The van der Waals surface area contributed by atoms with Gasteiger partial charge < -0.3 is 9.84 Å². The van der Waals surface area contributed by atoms with E-state index < -0.39 is 0 Å². The highest BCUT2D eigenvalue weighted by molar-refractivity contribution is 6.30. The molecule has 1 amide bonds. The molecule has 3 rings (SSSR count). The van der Waals surface area contributed by atoms with Crippen molar-refractivity contribution in [1.29, 1.82) is 0 Å². The van der Waals surface area contributed by atoms with Crippen LogP contribution in [0.5, 0.6) is 0 Å². The van der Waals surface area contributed by atoms with Gasteiger partial charge in [-0.1, -0.05) is 16.8 Å². The number of halogens is 1.